The van der Waals surface area contributed by atoms with E-state index in [-0.39, 0.29) is 0 Å². The van der Waals surface area contributed by atoms with Crippen molar-refractivity contribution in [2.45, 2.75) is 46.0 Å². The molecule has 0 bridgehead atoms. The van der Waals surface area contributed by atoms with Crippen molar-refractivity contribution >= 4 is 0 Å². The Balaban J connectivity index is 1.94. The van der Waals surface area contributed by atoms with Gasteiger partial charge >= 0.3 is 0 Å². The third-order valence-corrected chi connectivity index (χ3v) is 5.65. The number of benzene rings is 2. The van der Waals surface area contributed by atoms with Gasteiger partial charge in [0.2, 0.25) is 0 Å². The first-order valence-corrected chi connectivity index (χ1v) is 8.06. The lowest BCUT2D eigenvalue weighted by Crippen LogP contribution is -2.15. The van der Waals surface area contributed by atoms with Crippen molar-refractivity contribution in [3.63, 3.8) is 0 Å². The minimum atomic E-state index is 0.580. The summed E-state index contributed by atoms with van der Waals surface area (Å²) in [6.07, 6.45) is 3.54. The minimum Gasteiger partial charge on any atom is -0.0694 e. The lowest BCUT2D eigenvalue weighted by molar-refractivity contribution is 0.794. The smallest absolute Gasteiger partial charge is 0.00226 e. The predicted molar refractivity (Wildman–Crippen MR) is 89.8 cm³/mol. The molecule has 21 heavy (non-hydrogen) atoms. The molecule has 106 valence electrons. The molecule has 0 spiro atoms. The molecule has 0 aliphatic heterocycles. The third-order valence-electron chi connectivity index (χ3n) is 5.65. The first-order chi connectivity index (χ1) is 10.2. The van der Waals surface area contributed by atoms with Crippen LogP contribution >= 0.6 is 0 Å². The van der Waals surface area contributed by atoms with Gasteiger partial charge in [0.15, 0.2) is 0 Å². The zero-order valence-electron chi connectivity index (χ0n) is 13.2. The highest BCUT2D eigenvalue weighted by Crippen LogP contribution is 2.43. The van der Waals surface area contributed by atoms with Gasteiger partial charge in [0.25, 0.3) is 0 Å². The standard InChI is InChI=1S/C21H22/c1-13-12-21-17(15(3)14(13)2)10-11-19-18-7-5-4-6-16(18)8-9-20(19)21/h4-7,10-11,15H,8-9,12H2,1-3H3. The highest BCUT2D eigenvalue weighted by atomic mass is 14.3. The highest BCUT2D eigenvalue weighted by Gasteiger charge is 2.26. The van der Waals surface area contributed by atoms with Crippen LogP contribution in [0.15, 0.2) is 47.5 Å². The van der Waals surface area contributed by atoms with E-state index in [1.165, 1.54) is 29.5 Å². The SMILES string of the molecule is CC1=C(C)C(C)c2ccc3c(c2C1)CCc1ccccc1-3. The molecule has 0 aromatic heterocycles. The van der Waals surface area contributed by atoms with Gasteiger partial charge in [-0.1, -0.05) is 54.5 Å². The van der Waals surface area contributed by atoms with Gasteiger partial charge in [0, 0.05) is 5.92 Å². The van der Waals surface area contributed by atoms with E-state index in [9.17, 15) is 0 Å². The summed E-state index contributed by atoms with van der Waals surface area (Å²) in [4.78, 5) is 0. The van der Waals surface area contributed by atoms with Gasteiger partial charge in [-0.15, -0.1) is 0 Å². The van der Waals surface area contributed by atoms with Crippen molar-refractivity contribution in [1.29, 1.82) is 0 Å². The Hall–Kier alpha value is -1.82. The van der Waals surface area contributed by atoms with Crippen LogP contribution in [-0.2, 0) is 19.3 Å². The summed E-state index contributed by atoms with van der Waals surface area (Å²) in [6.45, 7) is 6.97. The van der Waals surface area contributed by atoms with Crippen LogP contribution in [0.5, 0.6) is 0 Å². The van der Waals surface area contributed by atoms with E-state index in [4.69, 9.17) is 0 Å². The second-order valence-corrected chi connectivity index (χ2v) is 6.68. The summed E-state index contributed by atoms with van der Waals surface area (Å²) in [6, 6.07) is 13.7. The predicted octanol–water partition coefficient (Wildman–Crippen LogP) is 5.45. The molecule has 0 amide bonds. The average Bonchev–Trinajstić information content (AvgIpc) is 2.52. The quantitative estimate of drug-likeness (QED) is 0.560. The van der Waals surface area contributed by atoms with E-state index in [2.05, 4.69) is 57.2 Å². The molecule has 0 heteroatoms. The van der Waals surface area contributed by atoms with Crippen molar-refractivity contribution in [3.05, 3.63) is 69.8 Å². The number of rotatable bonds is 0. The molecule has 1 unspecified atom stereocenters. The fraction of sp³-hybridized carbons (Fsp3) is 0.333. The lowest BCUT2D eigenvalue weighted by Gasteiger charge is -2.31. The monoisotopic (exact) mass is 274 g/mol. The van der Waals surface area contributed by atoms with Crippen LogP contribution in [0.3, 0.4) is 0 Å². The number of hydrogen-bond acceptors (Lipinski definition) is 0. The van der Waals surface area contributed by atoms with Gasteiger partial charge in [-0.25, -0.2) is 0 Å². The van der Waals surface area contributed by atoms with E-state index in [0.29, 0.717) is 5.92 Å². The molecule has 2 aliphatic carbocycles. The maximum atomic E-state index is 2.39. The van der Waals surface area contributed by atoms with Crippen LogP contribution in [0.25, 0.3) is 11.1 Å². The summed E-state index contributed by atoms with van der Waals surface area (Å²) in [5.41, 5.74) is 12.4. The van der Waals surface area contributed by atoms with Gasteiger partial charge in [-0.3, -0.25) is 0 Å². The van der Waals surface area contributed by atoms with E-state index >= 15 is 0 Å². The number of allylic oxidation sites excluding steroid dienone is 2. The maximum absolute atomic E-state index is 2.39. The van der Waals surface area contributed by atoms with Crippen LogP contribution in [0, 0.1) is 0 Å². The molecular weight excluding hydrogens is 252 g/mol. The second-order valence-electron chi connectivity index (χ2n) is 6.68. The Labute approximate surface area is 127 Å². The fourth-order valence-electron chi connectivity index (χ4n) is 4.13. The summed E-state index contributed by atoms with van der Waals surface area (Å²) < 4.78 is 0. The molecule has 2 aromatic carbocycles. The molecule has 2 aliphatic rings. The molecule has 0 N–H and O–H groups in total. The zero-order valence-corrected chi connectivity index (χ0v) is 13.2. The molecule has 0 fully saturated rings. The molecule has 0 radical (unpaired) electrons. The summed E-state index contributed by atoms with van der Waals surface area (Å²) in [7, 11) is 0. The Kier molecular flexibility index (Phi) is 2.82. The average molecular weight is 274 g/mol. The lowest BCUT2D eigenvalue weighted by atomic mass is 9.74. The normalized spacial score (nSPS) is 19.9. The molecule has 0 heterocycles. The van der Waals surface area contributed by atoms with Gasteiger partial charge in [-0.05, 0) is 66.5 Å². The fourth-order valence-corrected chi connectivity index (χ4v) is 4.13. The maximum Gasteiger partial charge on any atom is 0.00226 e. The first kappa shape index (κ1) is 12.9. The molecule has 4 rings (SSSR count). The molecule has 2 aromatic rings. The van der Waals surface area contributed by atoms with Gasteiger partial charge in [0.05, 0.1) is 0 Å². The largest absolute Gasteiger partial charge is 0.0694 e. The topological polar surface area (TPSA) is 0 Å². The van der Waals surface area contributed by atoms with Crippen LogP contribution in [0.2, 0.25) is 0 Å². The van der Waals surface area contributed by atoms with Gasteiger partial charge in [0.1, 0.15) is 0 Å². The summed E-state index contributed by atoms with van der Waals surface area (Å²) in [5.74, 6) is 0.580. The zero-order chi connectivity index (χ0) is 14.6. The van der Waals surface area contributed by atoms with E-state index < -0.39 is 0 Å². The molecule has 0 saturated carbocycles. The van der Waals surface area contributed by atoms with Crippen molar-refractivity contribution < 1.29 is 0 Å². The van der Waals surface area contributed by atoms with Crippen LogP contribution in [0.4, 0.5) is 0 Å². The summed E-state index contributed by atoms with van der Waals surface area (Å²) >= 11 is 0. The summed E-state index contributed by atoms with van der Waals surface area (Å²) in [5, 5.41) is 0. The van der Waals surface area contributed by atoms with Crippen molar-refractivity contribution in [1.82, 2.24) is 0 Å². The number of aryl methyl sites for hydroxylation is 1. The number of hydrogen-bond donors (Lipinski definition) is 0. The third kappa shape index (κ3) is 1.82. The molecule has 1 atom stereocenters. The van der Waals surface area contributed by atoms with Crippen LogP contribution in [0.1, 0.15) is 48.9 Å². The van der Waals surface area contributed by atoms with Gasteiger partial charge < -0.3 is 0 Å². The van der Waals surface area contributed by atoms with E-state index in [1.807, 2.05) is 0 Å². The Morgan fingerprint density at radius 3 is 2.52 bits per heavy atom. The minimum absolute atomic E-state index is 0.580. The van der Waals surface area contributed by atoms with Crippen molar-refractivity contribution in [3.8, 4) is 11.1 Å². The first-order valence-electron chi connectivity index (χ1n) is 8.06. The second kappa shape index (κ2) is 4.59. The van der Waals surface area contributed by atoms with Crippen molar-refractivity contribution in [2.75, 3.05) is 0 Å². The Morgan fingerprint density at radius 1 is 0.857 bits per heavy atom. The molecule has 0 nitrogen and oxygen atoms in total. The van der Waals surface area contributed by atoms with Gasteiger partial charge in [-0.2, -0.15) is 0 Å². The Morgan fingerprint density at radius 2 is 1.67 bits per heavy atom. The van der Waals surface area contributed by atoms with Crippen LogP contribution in [-0.4, -0.2) is 0 Å². The van der Waals surface area contributed by atoms with Crippen molar-refractivity contribution in [2.24, 2.45) is 0 Å². The van der Waals surface area contributed by atoms with E-state index in [1.54, 1.807) is 27.8 Å². The highest BCUT2D eigenvalue weighted by molar-refractivity contribution is 5.75. The number of fused-ring (bicyclic) bond motifs is 5. The van der Waals surface area contributed by atoms with Crippen LogP contribution < -0.4 is 0 Å². The van der Waals surface area contributed by atoms with E-state index in [0.717, 1.165) is 6.42 Å². The molecule has 0 saturated heterocycles. The molecular formula is C21H22. The Bertz CT molecular complexity index is 762.